The van der Waals surface area contributed by atoms with Gasteiger partial charge in [0.05, 0.1) is 25.6 Å². The van der Waals surface area contributed by atoms with Gasteiger partial charge in [-0.3, -0.25) is 9.59 Å². The van der Waals surface area contributed by atoms with Gasteiger partial charge in [-0.05, 0) is 41.8 Å². The highest BCUT2D eigenvalue weighted by Gasteiger charge is 2.08. The van der Waals surface area contributed by atoms with Crippen LogP contribution in [0.5, 0.6) is 11.5 Å². The van der Waals surface area contributed by atoms with E-state index >= 15 is 0 Å². The maximum Gasteiger partial charge on any atom is 0.187 e. The van der Waals surface area contributed by atoms with E-state index in [1.54, 1.807) is 50.9 Å². The van der Waals surface area contributed by atoms with E-state index in [-0.39, 0.29) is 11.6 Å². The standard InChI is InChI=1S/C33H30N2O4/c1-38-32-22-24(13-15-28(32)34-19-17-30(36)26-9-5-3-6-10-26)21-25-14-16-29(33(23-25)39-2)35-20-18-31(37)27-11-7-4-8-12-27/h3-20,22-23,34-35H,21H2,1-2H3/b19-17-,20-18+. The summed E-state index contributed by atoms with van der Waals surface area (Å²) in [6, 6.07) is 30.0. The molecule has 6 heteroatoms. The number of hydrogen-bond donors (Lipinski definition) is 2. The van der Waals surface area contributed by atoms with Crippen LogP contribution in [-0.2, 0) is 6.42 Å². The van der Waals surface area contributed by atoms with E-state index in [1.165, 1.54) is 12.2 Å². The first kappa shape index (κ1) is 26.9. The van der Waals surface area contributed by atoms with Gasteiger partial charge in [-0.2, -0.15) is 0 Å². The molecule has 0 aliphatic carbocycles. The van der Waals surface area contributed by atoms with E-state index in [0.29, 0.717) is 29.0 Å². The first-order valence-electron chi connectivity index (χ1n) is 12.5. The molecule has 0 heterocycles. The largest absolute Gasteiger partial charge is 0.495 e. The number of carbonyl (C=O) groups excluding carboxylic acids is 2. The molecule has 4 rings (SSSR count). The third-order valence-electron chi connectivity index (χ3n) is 6.00. The number of benzene rings is 4. The van der Waals surface area contributed by atoms with E-state index in [0.717, 1.165) is 22.5 Å². The lowest BCUT2D eigenvalue weighted by Crippen LogP contribution is -1.99. The van der Waals surface area contributed by atoms with Crippen molar-refractivity contribution < 1.29 is 19.1 Å². The highest BCUT2D eigenvalue weighted by Crippen LogP contribution is 2.30. The normalized spacial score (nSPS) is 10.9. The summed E-state index contributed by atoms with van der Waals surface area (Å²) in [4.78, 5) is 24.6. The number of anilines is 2. The second-order valence-electron chi connectivity index (χ2n) is 8.66. The fraction of sp³-hybridized carbons (Fsp3) is 0.0909. The SMILES string of the molecule is COc1cc(Cc2ccc(N/C=C/C(=O)c3ccccc3)c(OC)c2)ccc1N/C=C\C(=O)c1ccccc1. The average Bonchev–Trinajstić information content (AvgIpc) is 2.99. The fourth-order valence-corrected chi connectivity index (χ4v) is 3.98. The van der Waals surface area contributed by atoms with E-state index in [1.807, 2.05) is 72.8 Å². The van der Waals surface area contributed by atoms with Crippen LogP contribution in [0.25, 0.3) is 0 Å². The van der Waals surface area contributed by atoms with Crippen molar-refractivity contribution in [2.24, 2.45) is 0 Å². The summed E-state index contributed by atoms with van der Waals surface area (Å²) in [5, 5.41) is 6.27. The fourth-order valence-electron chi connectivity index (χ4n) is 3.98. The molecule has 196 valence electrons. The average molecular weight is 519 g/mol. The Morgan fingerprint density at radius 3 is 1.41 bits per heavy atom. The summed E-state index contributed by atoms with van der Waals surface area (Å²) in [5.41, 5.74) is 4.88. The number of allylic oxidation sites excluding steroid dienone is 2. The molecule has 0 unspecified atom stereocenters. The number of hydrogen-bond acceptors (Lipinski definition) is 6. The predicted molar refractivity (Wildman–Crippen MR) is 156 cm³/mol. The number of nitrogens with one attached hydrogen (secondary N) is 2. The molecule has 0 atom stereocenters. The quantitative estimate of drug-likeness (QED) is 0.157. The van der Waals surface area contributed by atoms with Gasteiger partial charge in [0, 0.05) is 35.7 Å². The van der Waals surface area contributed by atoms with E-state index in [4.69, 9.17) is 9.47 Å². The molecule has 0 aliphatic heterocycles. The molecule has 4 aromatic carbocycles. The van der Waals surface area contributed by atoms with Crippen molar-refractivity contribution in [3.63, 3.8) is 0 Å². The number of ether oxygens (including phenoxy) is 2. The van der Waals surface area contributed by atoms with Crippen LogP contribution in [0.2, 0.25) is 0 Å². The van der Waals surface area contributed by atoms with Gasteiger partial charge >= 0.3 is 0 Å². The molecular formula is C33H30N2O4. The number of rotatable bonds is 12. The van der Waals surface area contributed by atoms with Crippen LogP contribution in [0, 0.1) is 0 Å². The monoisotopic (exact) mass is 518 g/mol. The summed E-state index contributed by atoms with van der Waals surface area (Å²) in [6.45, 7) is 0. The number of carbonyl (C=O) groups is 2. The van der Waals surface area contributed by atoms with Gasteiger partial charge in [0.1, 0.15) is 11.5 Å². The van der Waals surface area contributed by atoms with Crippen LogP contribution in [0.1, 0.15) is 31.8 Å². The van der Waals surface area contributed by atoms with Crippen molar-refractivity contribution in [2.75, 3.05) is 24.9 Å². The molecule has 0 radical (unpaired) electrons. The molecule has 2 N–H and O–H groups in total. The zero-order valence-corrected chi connectivity index (χ0v) is 21.9. The molecule has 0 fully saturated rings. The van der Waals surface area contributed by atoms with Gasteiger partial charge in [0.2, 0.25) is 0 Å². The van der Waals surface area contributed by atoms with Crippen LogP contribution >= 0.6 is 0 Å². The maximum atomic E-state index is 12.3. The summed E-state index contributed by atoms with van der Waals surface area (Å²) < 4.78 is 11.1. The van der Waals surface area contributed by atoms with Crippen LogP contribution in [0.4, 0.5) is 11.4 Å². The Morgan fingerprint density at radius 2 is 1.03 bits per heavy atom. The molecule has 0 saturated heterocycles. The van der Waals surface area contributed by atoms with Gasteiger partial charge in [0.15, 0.2) is 11.6 Å². The Bertz CT molecular complexity index is 1370. The van der Waals surface area contributed by atoms with Crippen LogP contribution < -0.4 is 20.1 Å². The summed E-state index contributed by atoms with van der Waals surface area (Å²) >= 11 is 0. The first-order chi connectivity index (χ1) is 19.1. The Morgan fingerprint density at radius 1 is 0.615 bits per heavy atom. The lowest BCUT2D eigenvalue weighted by Gasteiger charge is -2.13. The molecule has 6 nitrogen and oxygen atoms in total. The first-order valence-corrected chi connectivity index (χ1v) is 12.5. The van der Waals surface area contributed by atoms with Crippen molar-refractivity contribution in [1.82, 2.24) is 0 Å². The number of ketones is 2. The molecule has 0 amide bonds. The van der Waals surface area contributed by atoms with Gasteiger partial charge < -0.3 is 20.1 Å². The van der Waals surface area contributed by atoms with Crippen molar-refractivity contribution in [3.05, 3.63) is 144 Å². The van der Waals surface area contributed by atoms with Gasteiger partial charge in [-0.25, -0.2) is 0 Å². The highest BCUT2D eigenvalue weighted by molar-refractivity contribution is 6.05. The van der Waals surface area contributed by atoms with Gasteiger partial charge in [-0.1, -0.05) is 72.8 Å². The lowest BCUT2D eigenvalue weighted by atomic mass is 10.0. The van der Waals surface area contributed by atoms with Crippen molar-refractivity contribution in [3.8, 4) is 11.5 Å². The lowest BCUT2D eigenvalue weighted by molar-refractivity contribution is 0.103. The van der Waals surface area contributed by atoms with Crippen LogP contribution in [-0.4, -0.2) is 25.8 Å². The topological polar surface area (TPSA) is 76.7 Å². The Hall–Kier alpha value is -5.10. The number of methoxy groups -OCH3 is 2. The van der Waals surface area contributed by atoms with Crippen molar-refractivity contribution in [2.45, 2.75) is 6.42 Å². The smallest absolute Gasteiger partial charge is 0.187 e. The summed E-state index contributed by atoms with van der Waals surface area (Å²) in [5.74, 6) is 1.18. The Kier molecular flexibility index (Phi) is 9.29. The highest BCUT2D eigenvalue weighted by atomic mass is 16.5. The Balaban J connectivity index is 1.39. The molecule has 4 aromatic rings. The second-order valence-corrected chi connectivity index (χ2v) is 8.66. The third kappa shape index (κ3) is 7.46. The molecular weight excluding hydrogens is 488 g/mol. The molecule has 0 saturated carbocycles. The Labute approximate surface area is 228 Å². The van der Waals surface area contributed by atoms with E-state index in [2.05, 4.69) is 10.6 Å². The van der Waals surface area contributed by atoms with Crippen molar-refractivity contribution in [1.29, 1.82) is 0 Å². The third-order valence-corrected chi connectivity index (χ3v) is 6.00. The molecule has 0 bridgehead atoms. The van der Waals surface area contributed by atoms with Crippen molar-refractivity contribution >= 4 is 22.9 Å². The molecule has 0 aromatic heterocycles. The zero-order valence-electron chi connectivity index (χ0n) is 21.9. The van der Waals surface area contributed by atoms with Gasteiger partial charge in [0.25, 0.3) is 0 Å². The minimum absolute atomic E-state index is 0.0798. The summed E-state index contributed by atoms with van der Waals surface area (Å²) in [6.07, 6.45) is 6.89. The summed E-state index contributed by atoms with van der Waals surface area (Å²) in [7, 11) is 3.23. The zero-order chi connectivity index (χ0) is 27.5. The second kappa shape index (κ2) is 13.4. The van der Waals surface area contributed by atoms with Crippen LogP contribution in [0.15, 0.2) is 122 Å². The minimum Gasteiger partial charge on any atom is -0.495 e. The maximum absolute atomic E-state index is 12.3. The minimum atomic E-state index is -0.0798. The van der Waals surface area contributed by atoms with Gasteiger partial charge in [-0.15, -0.1) is 0 Å². The molecule has 39 heavy (non-hydrogen) atoms. The predicted octanol–water partition coefficient (Wildman–Crippen LogP) is 6.91. The molecule has 0 aliphatic rings. The van der Waals surface area contributed by atoms with E-state index in [9.17, 15) is 9.59 Å². The van der Waals surface area contributed by atoms with E-state index < -0.39 is 0 Å². The molecule has 0 spiro atoms. The van der Waals surface area contributed by atoms with Crippen LogP contribution in [0.3, 0.4) is 0 Å².